The molecule has 0 saturated heterocycles. The van der Waals surface area contributed by atoms with E-state index in [2.05, 4.69) is 47.6 Å². The maximum absolute atomic E-state index is 11.6. The van der Waals surface area contributed by atoms with Crippen molar-refractivity contribution in [2.75, 3.05) is 46.5 Å². The molecule has 1 unspecified atom stereocenters. The fourth-order valence-corrected chi connectivity index (χ4v) is 4.17. The number of hydrogen-bond donors (Lipinski definition) is 2. The van der Waals surface area contributed by atoms with Crippen LogP contribution in [-0.4, -0.2) is 75.2 Å². The second kappa shape index (κ2) is 7.45. The normalized spacial score (nSPS) is 21.4. The van der Waals surface area contributed by atoms with Gasteiger partial charge in [0.05, 0.1) is 6.26 Å². The lowest BCUT2D eigenvalue weighted by Crippen LogP contribution is -2.40. The third-order valence-corrected chi connectivity index (χ3v) is 6.12. The van der Waals surface area contributed by atoms with Gasteiger partial charge >= 0.3 is 0 Å². The van der Waals surface area contributed by atoms with Crippen molar-refractivity contribution >= 4 is 27.7 Å². The van der Waals surface area contributed by atoms with E-state index in [0.29, 0.717) is 19.1 Å². The van der Waals surface area contributed by atoms with E-state index in [1.165, 1.54) is 26.9 Å². The largest absolute Gasteiger partial charge is 0.361 e. The Morgan fingerprint density at radius 2 is 2.16 bits per heavy atom. The summed E-state index contributed by atoms with van der Waals surface area (Å²) in [6.45, 7) is 3.02. The molecular formula is C18H28N4O2S. The second-order valence-corrected chi connectivity index (χ2v) is 9.08. The molecule has 3 rings (SSSR count). The van der Waals surface area contributed by atoms with Gasteiger partial charge in [-0.25, -0.2) is 8.42 Å². The number of nitrogens with zero attached hydrogens (tertiary/aromatic N) is 2. The molecule has 1 aliphatic carbocycles. The van der Waals surface area contributed by atoms with Crippen LogP contribution in [0, 0.1) is 0 Å². The highest BCUT2D eigenvalue weighted by Crippen LogP contribution is 2.20. The lowest BCUT2D eigenvalue weighted by Gasteiger charge is -2.24. The van der Waals surface area contributed by atoms with Crippen molar-refractivity contribution in [3.63, 3.8) is 0 Å². The first-order valence-corrected chi connectivity index (χ1v) is 10.6. The summed E-state index contributed by atoms with van der Waals surface area (Å²) in [5.41, 5.74) is 2.45. The van der Waals surface area contributed by atoms with Gasteiger partial charge in [0, 0.05) is 54.5 Å². The quantitative estimate of drug-likeness (QED) is 0.717. The molecule has 2 heterocycles. The van der Waals surface area contributed by atoms with E-state index in [1.807, 2.05) is 6.08 Å². The zero-order valence-electron chi connectivity index (χ0n) is 15.2. The van der Waals surface area contributed by atoms with E-state index < -0.39 is 10.0 Å². The maximum atomic E-state index is 11.6. The summed E-state index contributed by atoms with van der Waals surface area (Å²) in [6.07, 6.45) is 11.7. The topological polar surface area (TPSA) is 68.4 Å². The molecule has 6 nitrogen and oxygen atoms in total. The molecule has 0 amide bonds. The van der Waals surface area contributed by atoms with Gasteiger partial charge in [-0.1, -0.05) is 12.2 Å². The standard InChI is InChI=1S/C18H28N4O2S/c1-21(2)11-8-19-15-4-5-16-17(13-20-18(16)12-15)14-6-9-22(10-7-14)25(3,23)24/h5-6,12-13,15,19-20H,4,7-11H2,1-3H3. The van der Waals surface area contributed by atoms with Crippen LogP contribution in [0.4, 0.5) is 0 Å². The summed E-state index contributed by atoms with van der Waals surface area (Å²) in [5.74, 6) is 0. The van der Waals surface area contributed by atoms with Crippen LogP contribution in [0.5, 0.6) is 0 Å². The Labute approximate surface area is 149 Å². The number of H-pyrrole nitrogens is 1. The van der Waals surface area contributed by atoms with Crippen LogP contribution in [-0.2, 0) is 10.0 Å². The van der Waals surface area contributed by atoms with Gasteiger partial charge in [0.2, 0.25) is 10.0 Å². The van der Waals surface area contributed by atoms with Crippen molar-refractivity contribution in [3.05, 3.63) is 28.4 Å². The number of aromatic amines is 1. The SMILES string of the molecule is CN(C)CCNC1C=c2[nH]cc(C3=CCN(S(C)(=O)=O)CC3)c2=CC1. The van der Waals surface area contributed by atoms with Gasteiger partial charge in [0.25, 0.3) is 0 Å². The van der Waals surface area contributed by atoms with Crippen molar-refractivity contribution in [1.82, 2.24) is 19.5 Å². The highest BCUT2D eigenvalue weighted by Gasteiger charge is 2.21. The lowest BCUT2D eigenvalue weighted by molar-refractivity contribution is 0.395. The average molecular weight is 365 g/mol. The van der Waals surface area contributed by atoms with Crippen LogP contribution in [0.15, 0.2) is 12.3 Å². The number of hydrogen-bond acceptors (Lipinski definition) is 4. The maximum Gasteiger partial charge on any atom is 0.211 e. The monoisotopic (exact) mass is 364 g/mol. The molecule has 25 heavy (non-hydrogen) atoms. The fraction of sp³-hybridized carbons (Fsp3) is 0.556. The minimum Gasteiger partial charge on any atom is -0.361 e. The Balaban J connectivity index is 1.74. The Hall–Kier alpha value is -1.41. The minimum atomic E-state index is -3.10. The lowest BCUT2D eigenvalue weighted by atomic mass is 9.98. The van der Waals surface area contributed by atoms with E-state index in [1.54, 1.807) is 0 Å². The molecule has 2 N–H and O–H groups in total. The summed E-state index contributed by atoms with van der Waals surface area (Å²) in [6, 6.07) is 0.361. The van der Waals surface area contributed by atoms with Gasteiger partial charge in [-0.2, -0.15) is 4.31 Å². The predicted octanol–water partition coefficient (Wildman–Crippen LogP) is -0.452. The third kappa shape index (κ3) is 4.41. The van der Waals surface area contributed by atoms with Crippen LogP contribution < -0.4 is 15.9 Å². The molecule has 1 aromatic rings. The minimum absolute atomic E-state index is 0.361. The van der Waals surface area contributed by atoms with E-state index in [0.717, 1.165) is 31.3 Å². The van der Waals surface area contributed by atoms with Crippen LogP contribution in [0.25, 0.3) is 17.7 Å². The molecule has 0 aromatic carbocycles. The average Bonchev–Trinajstić information content (AvgIpc) is 2.97. The molecule has 0 bridgehead atoms. The summed E-state index contributed by atoms with van der Waals surface area (Å²) in [7, 11) is 1.06. The molecule has 1 aliphatic heterocycles. The first-order valence-electron chi connectivity index (χ1n) is 8.76. The Morgan fingerprint density at radius 1 is 1.36 bits per heavy atom. The van der Waals surface area contributed by atoms with Crippen LogP contribution in [0.1, 0.15) is 18.4 Å². The first kappa shape index (κ1) is 18.4. The van der Waals surface area contributed by atoms with Crippen molar-refractivity contribution in [1.29, 1.82) is 0 Å². The van der Waals surface area contributed by atoms with E-state index >= 15 is 0 Å². The summed E-state index contributed by atoms with van der Waals surface area (Å²) in [5, 5.41) is 5.99. The fourth-order valence-electron chi connectivity index (χ4n) is 3.40. The van der Waals surface area contributed by atoms with Crippen molar-refractivity contribution in [3.8, 4) is 0 Å². The van der Waals surface area contributed by atoms with Crippen molar-refractivity contribution in [2.45, 2.75) is 18.9 Å². The number of rotatable bonds is 6. The van der Waals surface area contributed by atoms with E-state index in [-0.39, 0.29) is 0 Å². The molecule has 2 aliphatic rings. The van der Waals surface area contributed by atoms with Crippen LogP contribution in [0.3, 0.4) is 0 Å². The molecule has 0 spiro atoms. The van der Waals surface area contributed by atoms with Gasteiger partial charge in [-0.3, -0.25) is 0 Å². The number of likely N-dealkylation sites (N-methyl/N-ethyl adjacent to an activating group) is 1. The molecule has 7 heteroatoms. The summed E-state index contributed by atoms with van der Waals surface area (Å²) < 4.78 is 24.8. The predicted molar refractivity (Wildman–Crippen MR) is 103 cm³/mol. The zero-order chi connectivity index (χ0) is 18.0. The van der Waals surface area contributed by atoms with Gasteiger partial charge in [0.1, 0.15) is 0 Å². The third-order valence-electron chi connectivity index (χ3n) is 4.85. The van der Waals surface area contributed by atoms with Gasteiger partial charge in [-0.05, 0) is 38.6 Å². The summed E-state index contributed by atoms with van der Waals surface area (Å²) in [4.78, 5) is 5.56. The molecule has 1 atom stereocenters. The van der Waals surface area contributed by atoms with Crippen molar-refractivity contribution in [2.24, 2.45) is 0 Å². The smallest absolute Gasteiger partial charge is 0.211 e. The Morgan fingerprint density at radius 3 is 2.80 bits per heavy atom. The molecular weight excluding hydrogens is 336 g/mol. The first-order chi connectivity index (χ1) is 11.8. The van der Waals surface area contributed by atoms with E-state index in [4.69, 9.17) is 0 Å². The Bertz CT molecular complexity index is 867. The highest BCUT2D eigenvalue weighted by molar-refractivity contribution is 7.88. The van der Waals surface area contributed by atoms with Gasteiger partial charge in [-0.15, -0.1) is 0 Å². The van der Waals surface area contributed by atoms with Crippen LogP contribution >= 0.6 is 0 Å². The summed E-state index contributed by atoms with van der Waals surface area (Å²) >= 11 is 0. The van der Waals surface area contributed by atoms with E-state index in [9.17, 15) is 8.42 Å². The molecule has 1 aromatic heterocycles. The second-order valence-electron chi connectivity index (χ2n) is 7.10. The number of nitrogens with one attached hydrogen (secondary N) is 2. The molecule has 0 saturated carbocycles. The molecule has 0 radical (unpaired) electrons. The zero-order valence-corrected chi connectivity index (χ0v) is 16.1. The molecule has 138 valence electrons. The number of fused-ring (bicyclic) bond motifs is 1. The molecule has 0 fully saturated rings. The van der Waals surface area contributed by atoms with Crippen LogP contribution in [0.2, 0.25) is 0 Å². The Kier molecular flexibility index (Phi) is 5.48. The van der Waals surface area contributed by atoms with Gasteiger partial charge < -0.3 is 15.2 Å². The van der Waals surface area contributed by atoms with Gasteiger partial charge in [0.15, 0.2) is 0 Å². The number of aromatic nitrogens is 1. The van der Waals surface area contributed by atoms with Crippen molar-refractivity contribution < 1.29 is 8.42 Å². The number of sulfonamides is 1. The highest BCUT2D eigenvalue weighted by atomic mass is 32.2.